The van der Waals surface area contributed by atoms with Crippen LogP contribution in [-0.4, -0.2) is 59.6 Å². The Morgan fingerprint density at radius 1 is 1.46 bits per heavy atom. The second-order valence-electron chi connectivity index (χ2n) is 6.01. The number of aromatic nitrogens is 2. The monoisotopic (exact) mass is 328 g/mol. The van der Waals surface area contributed by atoms with Crippen LogP contribution in [0.15, 0.2) is 30.0 Å². The number of aromatic amines is 1. The average molecular weight is 328 g/mol. The largest absolute Gasteiger partial charge is 0.505 e. The molecule has 1 heterocycles. The number of benzene rings is 1. The maximum absolute atomic E-state index is 11.8. The Morgan fingerprint density at radius 2 is 2.12 bits per heavy atom. The van der Waals surface area contributed by atoms with Gasteiger partial charge in [-0.3, -0.25) is 4.79 Å². The standard InChI is InChI=1S/C17H21N5O2/c1-11(22(4)10-15(23)21(2)3)16(24)12(9-18)17-19-13-7-5-6-8-14(13)20-17/h5-8,11,24H,10H2,1-4H3,(H,19,20)/p+1/b16-12-/t11-/m1/s1. The molecule has 2 rings (SSSR count). The van der Waals surface area contributed by atoms with Crippen LogP contribution in [0.1, 0.15) is 12.7 Å². The highest BCUT2D eigenvalue weighted by molar-refractivity contribution is 5.83. The van der Waals surface area contributed by atoms with E-state index < -0.39 is 6.04 Å². The number of quaternary nitrogens is 1. The maximum atomic E-state index is 11.8. The number of fused-ring (bicyclic) bond motifs is 1. The van der Waals surface area contributed by atoms with Crippen molar-refractivity contribution in [3.63, 3.8) is 0 Å². The number of imidazole rings is 1. The summed E-state index contributed by atoms with van der Waals surface area (Å²) in [5.74, 6) is 0.199. The number of aliphatic hydroxyl groups excluding tert-OH is 1. The van der Waals surface area contributed by atoms with E-state index >= 15 is 0 Å². The van der Waals surface area contributed by atoms with E-state index in [1.54, 1.807) is 28.1 Å². The molecule has 0 bridgehead atoms. The van der Waals surface area contributed by atoms with Gasteiger partial charge in [-0.1, -0.05) is 12.1 Å². The number of hydrogen-bond donors (Lipinski definition) is 3. The minimum absolute atomic E-state index is 0.0469. The molecule has 0 aliphatic rings. The lowest BCUT2D eigenvalue weighted by Crippen LogP contribution is -3.13. The molecule has 24 heavy (non-hydrogen) atoms. The first-order chi connectivity index (χ1) is 11.3. The van der Waals surface area contributed by atoms with Gasteiger partial charge < -0.3 is 19.9 Å². The minimum Gasteiger partial charge on any atom is -0.505 e. The van der Waals surface area contributed by atoms with Crippen molar-refractivity contribution in [3.05, 3.63) is 35.8 Å². The van der Waals surface area contributed by atoms with Gasteiger partial charge in [0.15, 0.2) is 18.1 Å². The number of rotatable bonds is 5. The Balaban J connectivity index is 2.32. The molecular formula is C17H22N5O2+. The Bertz CT molecular complexity index is 783. The highest BCUT2D eigenvalue weighted by Gasteiger charge is 2.25. The molecule has 0 radical (unpaired) electrons. The first-order valence-electron chi connectivity index (χ1n) is 7.66. The number of likely N-dealkylation sites (N-methyl/N-ethyl adjacent to an activating group) is 2. The first-order valence-corrected chi connectivity index (χ1v) is 7.66. The number of H-pyrrole nitrogens is 1. The molecule has 7 heteroatoms. The Labute approximate surface area is 140 Å². The van der Waals surface area contributed by atoms with Gasteiger partial charge in [-0.2, -0.15) is 5.26 Å². The minimum atomic E-state index is -0.420. The highest BCUT2D eigenvalue weighted by atomic mass is 16.3. The fourth-order valence-electron chi connectivity index (χ4n) is 2.30. The van der Waals surface area contributed by atoms with Crippen LogP contribution in [0.4, 0.5) is 0 Å². The van der Waals surface area contributed by atoms with Crippen molar-refractivity contribution in [2.75, 3.05) is 27.7 Å². The molecule has 2 aromatic rings. The van der Waals surface area contributed by atoms with Crippen LogP contribution in [0.5, 0.6) is 0 Å². The summed E-state index contributed by atoms with van der Waals surface area (Å²) in [6.45, 7) is 1.99. The van der Waals surface area contributed by atoms with Gasteiger partial charge >= 0.3 is 0 Å². The maximum Gasteiger partial charge on any atom is 0.277 e. The lowest BCUT2D eigenvalue weighted by Gasteiger charge is -2.22. The Kier molecular flexibility index (Phi) is 5.21. The van der Waals surface area contributed by atoms with Crippen molar-refractivity contribution in [1.29, 1.82) is 5.26 Å². The lowest BCUT2D eigenvalue weighted by molar-refractivity contribution is -0.891. The SMILES string of the molecule is C[C@H](/C(O)=C(\C#N)c1nc2ccccc2[nH]1)[NH+](C)CC(=O)N(C)C. The number of nitrogens with one attached hydrogen (secondary N) is 2. The molecule has 0 spiro atoms. The van der Waals surface area contributed by atoms with Crippen LogP contribution in [-0.2, 0) is 4.79 Å². The van der Waals surface area contributed by atoms with E-state index in [0.29, 0.717) is 5.82 Å². The van der Waals surface area contributed by atoms with E-state index in [-0.39, 0.29) is 23.8 Å². The molecule has 0 saturated heterocycles. The average Bonchev–Trinajstić information content (AvgIpc) is 2.97. The lowest BCUT2D eigenvalue weighted by atomic mass is 10.1. The van der Waals surface area contributed by atoms with E-state index in [4.69, 9.17) is 0 Å². The van der Waals surface area contributed by atoms with Crippen LogP contribution in [0.2, 0.25) is 0 Å². The Morgan fingerprint density at radius 3 is 2.71 bits per heavy atom. The molecule has 1 aromatic carbocycles. The third kappa shape index (κ3) is 3.55. The van der Waals surface area contributed by atoms with Crippen LogP contribution in [0.25, 0.3) is 16.6 Å². The Hall–Kier alpha value is -2.85. The number of nitriles is 1. The molecule has 0 fully saturated rings. The summed E-state index contributed by atoms with van der Waals surface area (Å²) in [4.78, 5) is 21.5. The summed E-state index contributed by atoms with van der Waals surface area (Å²) in [5.41, 5.74) is 1.61. The number of hydrogen-bond acceptors (Lipinski definition) is 4. The van der Waals surface area contributed by atoms with E-state index in [0.717, 1.165) is 15.9 Å². The molecule has 1 aromatic heterocycles. The zero-order valence-electron chi connectivity index (χ0n) is 14.3. The smallest absolute Gasteiger partial charge is 0.277 e. The van der Waals surface area contributed by atoms with Crippen molar-refractivity contribution in [1.82, 2.24) is 14.9 Å². The van der Waals surface area contributed by atoms with Gasteiger partial charge in [-0.05, 0) is 19.1 Å². The molecule has 0 saturated carbocycles. The summed E-state index contributed by atoms with van der Waals surface area (Å²) in [6, 6.07) is 9.01. The summed E-state index contributed by atoms with van der Waals surface area (Å²) in [5, 5.41) is 20.0. The van der Waals surface area contributed by atoms with Gasteiger partial charge in [0.1, 0.15) is 17.7 Å². The predicted octanol–water partition coefficient (Wildman–Crippen LogP) is 0.347. The third-order valence-corrected chi connectivity index (χ3v) is 4.07. The molecule has 126 valence electrons. The number of carbonyl (C=O) groups excluding carboxylic acids is 1. The van der Waals surface area contributed by atoms with Crippen molar-refractivity contribution in [3.8, 4) is 6.07 Å². The number of amides is 1. The zero-order valence-corrected chi connectivity index (χ0v) is 14.3. The van der Waals surface area contributed by atoms with E-state index in [1.807, 2.05) is 30.3 Å². The number of aliphatic hydroxyl groups is 1. The van der Waals surface area contributed by atoms with E-state index in [1.165, 1.54) is 4.90 Å². The molecule has 3 N–H and O–H groups in total. The molecule has 0 aliphatic heterocycles. The second kappa shape index (κ2) is 7.15. The van der Waals surface area contributed by atoms with Gasteiger partial charge in [0.05, 0.1) is 18.1 Å². The first kappa shape index (κ1) is 17.5. The fraction of sp³-hybridized carbons (Fsp3) is 0.353. The number of nitrogens with zero attached hydrogens (tertiary/aromatic N) is 3. The number of allylic oxidation sites excluding steroid dienone is 1. The van der Waals surface area contributed by atoms with Crippen LogP contribution in [0.3, 0.4) is 0 Å². The molecule has 1 amide bonds. The van der Waals surface area contributed by atoms with Gasteiger partial charge in [-0.15, -0.1) is 0 Å². The number of para-hydroxylation sites is 2. The van der Waals surface area contributed by atoms with Crippen LogP contribution < -0.4 is 4.90 Å². The van der Waals surface area contributed by atoms with Crippen LogP contribution >= 0.6 is 0 Å². The second-order valence-corrected chi connectivity index (χ2v) is 6.01. The number of carbonyl (C=O) groups is 1. The van der Waals surface area contributed by atoms with Gasteiger partial charge in [0.2, 0.25) is 0 Å². The third-order valence-electron chi connectivity index (χ3n) is 4.07. The zero-order chi connectivity index (χ0) is 17.9. The summed E-state index contributed by atoms with van der Waals surface area (Å²) >= 11 is 0. The normalized spacial score (nSPS) is 14.6. The molecular weight excluding hydrogens is 306 g/mol. The summed E-state index contributed by atoms with van der Waals surface area (Å²) in [6.07, 6.45) is 0. The topological polar surface area (TPSA) is 97.4 Å². The van der Waals surface area contributed by atoms with Crippen molar-refractivity contribution >= 4 is 22.5 Å². The van der Waals surface area contributed by atoms with Gasteiger partial charge in [0.25, 0.3) is 5.91 Å². The van der Waals surface area contributed by atoms with Crippen molar-refractivity contribution in [2.24, 2.45) is 0 Å². The van der Waals surface area contributed by atoms with E-state index in [2.05, 4.69) is 9.97 Å². The van der Waals surface area contributed by atoms with E-state index in [9.17, 15) is 15.2 Å². The molecule has 2 atom stereocenters. The fourth-order valence-corrected chi connectivity index (χ4v) is 2.30. The predicted molar refractivity (Wildman–Crippen MR) is 91.2 cm³/mol. The molecule has 7 nitrogen and oxygen atoms in total. The quantitative estimate of drug-likeness (QED) is 0.545. The summed E-state index contributed by atoms with van der Waals surface area (Å²) < 4.78 is 0. The van der Waals surface area contributed by atoms with Crippen molar-refractivity contribution < 1.29 is 14.8 Å². The van der Waals surface area contributed by atoms with Gasteiger partial charge in [-0.25, -0.2) is 4.98 Å². The van der Waals surface area contributed by atoms with Crippen LogP contribution in [0, 0.1) is 11.3 Å². The summed E-state index contributed by atoms with van der Waals surface area (Å²) in [7, 11) is 5.17. The molecule has 1 unspecified atom stereocenters. The van der Waals surface area contributed by atoms with Crippen molar-refractivity contribution in [2.45, 2.75) is 13.0 Å². The van der Waals surface area contributed by atoms with Gasteiger partial charge in [0, 0.05) is 14.1 Å². The molecule has 0 aliphatic carbocycles. The highest BCUT2D eigenvalue weighted by Crippen LogP contribution is 2.19.